The van der Waals surface area contributed by atoms with Gasteiger partial charge in [-0.3, -0.25) is 9.62 Å². The lowest BCUT2D eigenvalue weighted by atomic mass is 10.1. The van der Waals surface area contributed by atoms with E-state index < -0.39 is 39.0 Å². The third-order valence-corrected chi connectivity index (χ3v) is 7.35. The molecule has 1 saturated heterocycles. The van der Waals surface area contributed by atoms with Crippen LogP contribution in [0.3, 0.4) is 0 Å². The van der Waals surface area contributed by atoms with E-state index in [0.717, 1.165) is 32.1 Å². The van der Waals surface area contributed by atoms with E-state index in [1.165, 1.54) is 30.8 Å². The lowest BCUT2D eigenvalue weighted by Gasteiger charge is -2.28. The van der Waals surface area contributed by atoms with Crippen LogP contribution in [-0.2, 0) is 21.4 Å². The Morgan fingerprint density at radius 3 is 2.40 bits per heavy atom. The summed E-state index contributed by atoms with van der Waals surface area (Å²) < 4.78 is 87.5. The van der Waals surface area contributed by atoms with Crippen molar-refractivity contribution in [3.05, 3.63) is 77.6 Å². The van der Waals surface area contributed by atoms with Crippen LogP contribution < -0.4 is 9.62 Å². The van der Waals surface area contributed by atoms with Crippen molar-refractivity contribution in [1.82, 2.24) is 14.9 Å². The Labute approximate surface area is 227 Å². The molecule has 1 aliphatic rings. The summed E-state index contributed by atoms with van der Waals surface area (Å²) >= 11 is 0. The van der Waals surface area contributed by atoms with Gasteiger partial charge in [0.1, 0.15) is 5.82 Å². The van der Waals surface area contributed by atoms with E-state index >= 15 is 4.39 Å². The SMILES string of the molecule is Cc1c(N(C)[C@H]2CCN(Cc3ccccc3)C2)cnc(S(=O)(=O)Nc2cccc(F)n2)c1F.O=C(O)C(F)(F)F. The maximum atomic E-state index is 15.1. The molecule has 0 bridgehead atoms. The molecule has 0 saturated carbocycles. The van der Waals surface area contributed by atoms with Crippen molar-refractivity contribution in [3.63, 3.8) is 0 Å². The molecule has 0 radical (unpaired) electrons. The molecule has 15 heteroatoms. The maximum Gasteiger partial charge on any atom is 0.490 e. The number of aliphatic carboxylic acids is 1. The van der Waals surface area contributed by atoms with Crippen molar-refractivity contribution in [2.45, 2.75) is 37.1 Å². The van der Waals surface area contributed by atoms with Crippen molar-refractivity contribution in [2.75, 3.05) is 29.8 Å². The summed E-state index contributed by atoms with van der Waals surface area (Å²) in [5.41, 5.74) is 1.95. The monoisotopic (exact) mass is 587 g/mol. The van der Waals surface area contributed by atoms with Crippen molar-refractivity contribution in [3.8, 4) is 0 Å². The number of anilines is 2. The minimum absolute atomic E-state index is 0.144. The molecule has 0 unspecified atom stereocenters. The van der Waals surface area contributed by atoms with Crippen LogP contribution in [0.25, 0.3) is 0 Å². The molecule has 216 valence electrons. The number of halogens is 5. The predicted octanol–water partition coefficient (Wildman–Crippen LogP) is 4.21. The Balaban J connectivity index is 0.000000559. The lowest BCUT2D eigenvalue weighted by Crippen LogP contribution is -2.35. The summed E-state index contributed by atoms with van der Waals surface area (Å²) in [6.45, 7) is 4.09. The van der Waals surface area contributed by atoms with Crippen LogP contribution in [-0.4, -0.2) is 66.7 Å². The molecule has 2 aromatic heterocycles. The highest BCUT2D eigenvalue weighted by Crippen LogP contribution is 2.29. The molecule has 0 amide bonds. The fourth-order valence-electron chi connectivity index (χ4n) is 4.05. The minimum Gasteiger partial charge on any atom is -0.475 e. The molecule has 2 N–H and O–H groups in total. The number of carboxylic acids is 1. The lowest BCUT2D eigenvalue weighted by molar-refractivity contribution is -0.192. The third kappa shape index (κ3) is 7.85. The summed E-state index contributed by atoms with van der Waals surface area (Å²) in [7, 11) is -2.52. The van der Waals surface area contributed by atoms with Crippen LogP contribution in [0, 0.1) is 18.7 Å². The van der Waals surface area contributed by atoms with Crippen molar-refractivity contribution in [2.24, 2.45) is 0 Å². The first-order valence-corrected chi connectivity index (χ1v) is 13.3. The summed E-state index contributed by atoms with van der Waals surface area (Å²) in [5, 5.41) is 6.38. The molecule has 1 aromatic carbocycles. The second kappa shape index (κ2) is 12.6. The van der Waals surface area contributed by atoms with E-state index in [1.54, 1.807) is 0 Å². The van der Waals surface area contributed by atoms with Crippen molar-refractivity contribution in [1.29, 1.82) is 0 Å². The quantitative estimate of drug-likeness (QED) is 0.312. The number of alkyl halides is 3. The number of carbonyl (C=O) groups is 1. The smallest absolute Gasteiger partial charge is 0.475 e. The Kier molecular flexibility index (Phi) is 9.63. The van der Waals surface area contributed by atoms with Gasteiger partial charge in [0.05, 0.1) is 11.9 Å². The number of hydrogen-bond acceptors (Lipinski definition) is 7. The van der Waals surface area contributed by atoms with E-state index in [-0.39, 0.29) is 17.4 Å². The van der Waals surface area contributed by atoms with E-state index in [1.807, 2.05) is 30.1 Å². The van der Waals surface area contributed by atoms with Gasteiger partial charge in [-0.1, -0.05) is 36.4 Å². The van der Waals surface area contributed by atoms with Gasteiger partial charge in [-0.05, 0) is 31.0 Å². The van der Waals surface area contributed by atoms with Gasteiger partial charge in [-0.25, -0.2) is 19.2 Å². The van der Waals surface area contributed by atoms with Gasteiger partial charge in [0.15, 0.2) is 5.82 Å². The molecular weight excluding hydrogens is 561 g/mol. The molecule has 3 heterocycles. The third-order valence-electron chi connectivity index (χ3n) is 6.08. The predicted molar refractivity (Wildman–Crippen MR) is 136 cm³/mol. The van der Waals surface area contributed by atoms with Gasteiger partial charge in [-0.2, -0.15) is 26.0 Å². The van der Waals surface area contributed by atoms with Gasteiger partial charge in [0.25, 0.3) is 10.0 Å². The average molecular weight is 588 g/mol. The molecule has 9 nitrogen and oxygen atoms in total. The number of likely N-dealkylation sites (tertiary alicyclic amines) is 1. The number of benzene rings is 1. The summed E-state index contributed by atoms with van der Waals surface area (Å²) in [5.74, 6) is -4.80. The summed E-state index contributed by atoms with van der Waals surface area (Å²) in [4.78, 5) is 20.5. The zero-order valence-corrected chi connectivity index (χ0v) is 22.2. The summed E-state index contributed by atoms with van der Waals surface area (Å²) in [6.07, 6.45) is -2.82. The fraction of sp³-hybridized carbons (Fsp3) is 0.320. The molecule has 1 aliphatic heterocycles. The first-order chi connectivity index (χ1) is 18.7. The average Bonchev–Trinajstić information content (AvgIpc) is 3.33. The van der Waals surface area contributed by atoms with Gasteiger partial charge in [0, 0.05) is 38.3 Å². The number of likely N-dealkylation sites (N-methyl/N-ethyl adjacent to an activating group) is 1. The summed E-state index contributed by atoms with van der Waals surface area (Å²) in [6, 6.07) is 14.0. The van der Waals surface area contributed by atoms with E-state index in [4.69, 9.17) is 9.90 Å². The molecule has 1 atom stereocenters. The standard InChI is InChI=1S/C23H25F2N5O2S.C2HF3O2/c1-16-19(29(2)18-11-12-30(15-18)14-17-7-4-3-5-8-17)13-26-23(22(16)25)33(31,32)28-21-10-6-9-20(24)27-21;3-2(4,5)1(6)7/h3-10,13,18H,11-12,14-15H2,1-2H3,(H,27,28);(H,6,7)/t18-;/m0./s1. The molecule has 40 heavy (non-hydrogen) atoms. The van der Waals surface area contributed by atoms with Crippen LogP contribution in [0.5, 0.6) is 0 Å². The Morgan fingerprint density at radius 1 is 1.15 bits per heavy atom. The fourth-order valence-corrected chi connectivity index (χ4v) is 5.12. The molecule has 1 fully saturated rings. The number of nitrogens with one attached hydrogen (secondary N) is 1. The molecule has 0 spiro atoms. The normalized spacial score (nSPS) is 15.7. The van der Waals surface area contributed by atoms with Gasteiger partial charge < -0.3 is 10.0 Å². The van der Waals surface area contributed by atoms with E-state index in [0.29, 0.717) is 5.69 Å². The number of carboxylic acid groups (broad SMARTS) is 1. The van der Waals surface area contributed by atoms with Crippen LogP contribution in [0.2, 0.25) is 0 Å². The Morgan fingerprint density at radius 2 is 1.80 bits per heavy atom. The highest BCUT2D eigenvalue weighted by molar-refractivity contribution is 7.92. The van der Waals surface area contributed by atoms with E-state index in [9.17, 15) is 26.0 Å². The van der Waals surface area contributed by atoms with Gasteiger partial charge >= 0.3 is 12.1 Å². The van der Waals surface area contributed by atoms with E-state index in [2.05, 4.69) is 31.7 Å². The minimum atomic E-state index is -5.08. The van der Waals surface area contributed by atoms with Crippen LogP contribution >= 0.6 is 0 Å². The number of pyridine rings is 2. The first kappa shape index (κ1) is 30.7. The second-order valence-electron chi connectivity index (χ2n) is 8.92. The van der Waals surface area contributed by atoms with Crippen molar-refractivity contribution >= 4 is 27.5 Å². The highest BCUT2D eigenvalue weighted by Gasteiger charge is 2.38. The van der Waals surface area contributed by atoms with Gasteiger partial charge in [-0.15, -0.1) is 0 Å². The van der Waals surface area contributed by atoms with Crippen LogP contribution in [0.1, 0.15) is 17.5 Å². The topological polar surface area (TPSA) is 116 Å². The number of nitrogens with zero attached hydrogens (tertiary/aromatic N) is 4. The highest BCUT2D eigenvalue weighted by atomic mass is 32.2. The molecular formula is C25H26F5N5O4S. The maximum absolute atomic E-state index is 15.1. The largest absolute Gasteiger partial charge is 0.490 e. The molecule has 0 aliphatic carbocycles. The van der Waals surface area contributed by atoms with Crippen LogP contribution in [0.15, 0.2) is 59.8 Å². The number of sulfonamides is 1. The van der Waals surface area contributed by atoms with Crippen LogP contribution in [0.4, 0.5) is 33.5 Å². The number of rotatable bonds is 7. The Hall–Kier alpha value is -3.85. The second-order valence-corrected chi connectivity index (χ2v) is 10.5. The zero-order chi connectivity index (χ0) is 29.7. The first-order valence-electron chi connectivity index (χ1n) is 11.8. The zero-order valence-electron chi connectivity index (χ0n) is 21.4. The van der Waals surface area contributed by atoms with Gasteiger partial charge in [0.2, 0.25) is 11.0 Å². The Bertz CT molecular complexity index is 1440. The number of aromatic nitrogens is 2. The molecule has 3 aromatic rings. The number of hydrogen-bond donors (Lipinski definition) is 2. The van der Waals surface area contributed by atoms with Crippen molar-refractivity contribution < 1.29 is 40.3 Å². The molecule has 4 rings (SSSR count).